The molecule has 2 fully saturated rings. The second-order valence-corrected chi connectivity index (χ2v) is 6.38. The molecule has 0 aromatic carbocycles. The Bertz CT molecular complexity index is 266. The molecule has 0 radical (unpaired) electrons. The van der Waals surface area contributed by atoms with Crippen LogP contribution in [0, 0.1) is 5.92 Å². The Balaban J connectivity index is 1.90. The average Bonchev–Trinajstić information content (AvgIpc) is 2.97. The van der Waals surface area contributed by atoms with Gasteiger partial charge in [-0.2, -0.15) is 0 Å². The highest BCUT2D eigenvalue weighted by atomic mass is 16.2. The second-order valence-electron chi connectivity index (χ2n) is 6.38. The first-order valence-corrected chi connectivity index (χ1v) is 7.69. The summed E-state index contributed by atoms with van der Waals surface area (Å²) < 4.78 is 0. The van der Waals surface area contributed by atoms with Gasteiger partial charge in [-0.05, 0) is 38.1 Å². The van der Waals surface area contributed by atoms with Crippen molar-refractivity contribution >= 4 is 5.91 Å². The van der Waals surface area contributed by atoms with E-state index >= 15 is 0 Å². The van der Waals surface area contributed by atoms with Crippen LogP contribution in [0.5, 0.6) is 0 Å². The number of nitrogens with one attached hydrogen (secondary N) is 1. The summed E-state index contributed by atoms with van der Waals surface area (Å²) in [6.07, 6.45) is 8.15. The molecule has 0 bridgehead atoms. The van der Waals surface area contributed by atoms with E-state index in [0.717, 1.165) is 13.1 Å². The van der Waals surface area contributed by atoms with Crippen LogP contribution in [0.3, 0.4) is 0 Å². The van der Waals surface area contributed by atoms with Crippen LogP contribution in [-0.4, -0.2) is 36.0 Å². The standard InChI is InChI=1S/C15H28N2O/c1-12(2)11-17(14-7-3-4-8-14)15(18)10-13-6-5-9-16-13/h12-14,16H,3-11H2,1-2H3. The summed E-state index contributed by atoms with van der Waals surface area (Å²) in [6.45, 7) is 6.45. The van der Waals surface area contributed by atoms with Crippen molar-refractivity contribution in [2.45, 2.75) is 70.9 Å². The highest BCUT2D eigenvalue weighted by Gasteiger charge is 2.29. The van der Waals surface area contributed by atoms with Gasteiger partial charge in [0.2, 0.25) is 5.91 Å². The zero-order valence-corrected chi connectivity index (χ0v) is 12.0. The summed E-state index contributed by atoms with van der Waals surface area (Å²) >= 11 is 0. The SMILES string of the molecule is CC(C)CN(C(=O)CC1CCCN1)C1CCCC1. The lowest BCUT2D eigenvalue weighted by Gasteiger charge is -2.31. The lowest BCUT2D eigenvalue weighted by Crippen LogP contribution is -2.43. The molecule has 1 unspecified atom stereocenters. The first-order chi connectivity index (χ1) is 8.66. The average molecular weight is 252 g/mol. The molecule has 1 atom stereocenters. The molecule has 1 saturated carbocycles. The molecule has 2 aliphatic rings. The van der Waals surface area contributed by atoms with Gasteiger partial charge in [0.25, 0.3) is 0 Å². The van der Waals surface area contributed by atoms with Crippen molar-refractivity contribution in [2.75, 3.05) is 13.1 Å². The number of rotatable bonds is 5. The minimum Gasteiger partial charge on any atom is -0.339 e. The van der Waals surface area contributed by atoms with Gasteiger partial charge in [-0.1, -0.05) is 26.7 Å². The monoisotopic (exact) mass is 252 g/mol. The van der Waals surface area contributed by atoms with Gasteiger partial charge in [-0.3, -0.25) is 4.79 Å². The van der Waals surface area contributed by atoms with Crippen molar-refractivity contribution in [3.8, 4) is 0 Å². The van der Waals surface area contributed by atoms with Crippen LogP contribution in [0.4, 0.5) is 0 Å². The summed E-state index contributed by atoms with van der Waals surface area (Å²) in [6, 6.07) is 0.967. The third kappa shape index (κ3) is 3.71. The summed E-state index contributed by atoms with van der Waals surface area (Å²) in [5.74, 6) is 0.959. The number of nitrogens with zero attached hydrogens (tertiary/aromatic N) is 1. The van der Waals surface area contributed by atoms with Crippen LogP contribution in [0.2, 0.25) is 0 Å². The highest BCUT2D eigenvalue weighted by molar-refractivity contribution is 5.77. The van der Waals surface area contributed by atoms with Crippen molar-refractivity contribution in [3.05, 3.63) is 0 Å². The van der Waals surface area contributed by atoms with E-state index in [1.165, 1.54) is 38.5 Å². The van der Waals surface area contributed by atoms with E-state index in [2.05, 4.69) is 24.1 Å². The lowest BCUT2D eigenvalue weighted by molar-refractivity contribution is -0.134. The Labute approximate surface area is 111 Å². The largest absolute Gasteiger partial charge is 0.339 e. The second kappa shape index (κ2) is 6.55. The van der Waals surface area contributed by atoms with E-state index < -0.39 is 0 Å². The third-order valence-corrected chi connectivity index (χ3v) is 4.23. The molecular formula is C15H28N2O. The zero-order valence-electron chi connectivity index (χ0n) is 12.0. The lowest BCUT2D eigenvalue weighted by atomic mass is 10.1. The molecule has 104 valence electrons. The Kier molecular flexibility index (Phi) is 5.04. The molecule has 1 heterocycles. The Morgan fingerprint density at radius 1 is 1.22 bits per heavy atom. The summed E-state index contributed by atoms with van der Waals surface area (Å²) in [5.41, 5.74) is 0. The van der Waals surface area contributed by atoms with E-state index in [1.807, 2.05) is 0 Å². The van der Waals surface area contributed by atoms with E-state index in [4.69, 9.17) is 0 Å². The van der Waals surface area contributed by atoms with Gasteiger partial charge in [0.1, 0.15) is 0 Å². The topological polar surface area (TPSA) is 32.3 Å². The van der Waals surface area contributed by atoms with Crippen molar-refractivity contribution in [2.24, 2.45) is 5.92 Å². The Morgan fingerprint density at radius 3 is 2.50 bits per heavy atom. The Hall–Kier alpha value is -0.570. The van der Waals surface area contributed by atoms with Crippen molar-refractivity contribution in [1.82, 2.24) is 10.2 Å². The first-order valence-electron chi connectivity index (χ1n) is 7.69. The Morgan fingerprint density at radius 2 is 1.94 bits per heavy atom. The van der Waals surface area contributed by atoms with Crippen LogP contribution >= 0.6 is 0 Å². The van der Waals surface area contributed by atoms with Gasteiger partial charge in [0.15, 0.2) is 0 Å². The predicted octanol–water partition coefficient (Wildman–Crippen LogP) is 2.56. The minimum absolute atomic E-state index is 0.384. The van der Waals surface area contributed by atoms with Crippen molar-refractivity contribution < 1.29 is 4.79 Å². The van der Waals surface area contributed by atoms with Crippen LogP contribution in [0.1, 0.15) is 58.8 Å². The van der Waals surface area contributed by atoms with Gasteiger partial charge in [0.05, 0.1) is 0 Å². The van der Waals surface area contributed by atoms with E-state index in [9.17, 15) is 4.79 Å². The van der Waals surface area contributed by atoms with E-state index in [0.29, 0.717) is 30.3 Å². The molecule has 0 aromatic heterocycles. The number of carbonyl (C=O) groups is 1. The first kappa shape index (κ1) is 13.9. The van der Waals surface area contributed by atoms with Gasteiger partial charge in [-0.15, -0.1) is 0 Å². The molecule has 3 heteroatoms. The maximum atomic E-state index is 12.5. The molecule has 18 heavy (non-hydrogen) atoms. The normalized spacial score (nSPS) is 24.9. The van der Waals surface area contributed by atoms with Crippen LogP contribution in [0.15, 0.2) is 0 Å². The maximum Gasteiger partial charge on any atom is 0.224 e. The van der Waals surface area contributed by atoms with Crippen LogP contribution in [0.25, 0.3) is 0 Å². The zero-order chi connectivity index (χ0) is 13.0. The molecule has 0 aromatic rings. The van der Waals surface area contributed by atoms with Crippen LogP contribution < -0.4 is 5.32 Å². The van der Waals surface area contributed by atoms with Gasteiger partial charge in [-0.25, -0.2) is 0 Å². The smallest absolute Gasteiger partial charge is 0.224 e. The molecule has 2 rings (SSSR count). The molecular weight excluding hydrogens is 224 g/mol. The maximum absolute atomic E-state index is 12.5. The quantitative estimate of drug-likeness (QED) is 0.815. The highest BCUT2D eigenvalue weighted by Crippen LogP contribution is 2.25. The van der Waals surface area contributed by atoms with Crippen LogP contribution in [-0.2, 0) is 4.79 Å². The third-order valence-electron chi connectivity index (χ3n) is 4.23. The van der Waals surface area contributed by atoms with Crippen molar-refractivity contribution in [1.29, 1.82) is 0 Å². The fourth-order valence-corrected chi connectivity index (χ4v) is 3.32. The summed E-state index contributed by atoms with van der Waals surface area (Å²) in [7, 11) is 0. The molecule has 1 aliphatic carbocycles. The number of hydrogen-bond donors (Lipinski definition) is 1. The number of carbonyl (C=O) groups excluding carboxylic acids is 1. The fourth-order valence-electron chi connectivity index (χ4n) is 3.32. The molecule has 0 spiro atoms. The number of hydrogen-bond acceptors (Lipinski definition) is 2. The predicted molar refractivity (Wildman–Crippen MR) is 74.4 cm³/mol. The molecule has 1 saturated heterocycles. The molecule has 1 aliphatic heterocycles. The van der Waals surface area contributed by atoms with Crippen molar-refractivity contribution in [3.63, 3.8) is 0 Å². The minimum atomic E-state index is 0.384. The van der Waals surface area contributed by atoms with Gasteiger partial charge < -0.3 is 10.2 Å². The molecule has 3 nitrogen and oxygen atoms in total. The summed E-state index contributed by atoms with van der Waals surface area (Å²) in [4.78, 5) is 14.7. The van der Waals surface area contributed by atoms with E-state index in [1.54, 1.807) is 0 Å². The summed E-state index contributed by atoms with van der Waals surface area (Å²) in [5, 5.41) is 3.44. The molecule has 1 N–H and O–H groups in total. The van der Waals surface area contributed by atoms with Gasteiger partial charge in [0, 0.05) is 25.0 Å². The fraction of sp³-hybridized carbons (Fsp3) is 0.933. The molecule has 1 amide bonds. The number of amides is 1. The van der Waals surface area contributed by atoms with E-state index in [-0.39, 0.29) is 0 Å². The van der Waals surface area contributed by atoms with Gasteiger partial charge >= 0.3 is 0 Å².